The summed E-state index contributed by atoms with van der Waals surface area (Å²) in [6.45, 7) is -0.0667. The predicted molar refractivity (Wildman–Crippen MR) is 104 cm³/mol. The highest BCUT2D eigenvalue weighted by atomic mass is 16.6. The van der Waals surface area contributed by atoms with Crippen LogP contribution in [0.3, 0.4) is 0 Å². The Balaban J connectivity index is 1.76. The number of ether oxygens (including phenoxy) is 3. The van der Waals surface area contributed by atoms with Crippen LogP contribution in [0.15, 0.2) is 54.2 Å². The molecular formula is C21H20N2O6. The molecule has 0 spiro atoms. The smallest absolute Gasteiger partial charge is 0.343 e. The fourth-order valence-corrected chi connectivity index (χ4v) is 2.74. The molecule has 1 saturated heterocycles. The molecule has 0 bridgehead atoms. The molecule has 1 heterocycles. The Kier molecular flexibility index (Phi) is 6.13. The minimum atomic E-state index is -0.518. The van der Waals surface area contributed by atoms with E-state index in [1.54, 1.807) is 24.3 Å². The highest BCUT2D eigenvalue weighted by molar-refractivity contribution is 6.13. The fourth-order valence-electron chi connectivity index (χ4n) is 2.74. The van der Waals surface area contributed by atoms with Crippen molar-refractivity contribution in [3.63, 3.8) is 0 Å². The number of methoxy groups -OCH3 is 2. The van der Waals surface area contributed by atoms with Gasteiger partial charge in [0, 0.05) is 0 Å². The van der Waals surface area contributed by atoms with Crippen molar-refractivity contribution in [1.29, 1.82) is 0 Å². The van der Waals surface area contributed by atoms with E-state index in [1.807, 2.05) is 30.3 Å². The van der Waals surface area contributed by atoms with Gasteiger partial charge in [-0.2, -0.15) is 0 Å². The molecule has 0 radical (unpaired) electrons. The van der Waals surface area contributed by atoms with Crippen LogP contribution in [0.5, 0.6) is 11.5 Å². The summed E-state index contributed by atoms with van der Waals surface area (Å²) < 4.78 is 15.2. The summed E-state index contributed by atoms with van der Waals surface area (Å²) in [5.41, 5.74) is 1.64. The van der Waals surface area contributed by atoms with E-state index in [0.29, 0.717) is 17.1 Å². The molecule has 2 aromatic rings. The Morgan fingerprint density at radius 1 is 1.07 bits per heavy atom. The monoisotopic (exact) mass is 396 g/mol. The van der Waals surface area contributed by atoms with Crippen LogP contribution in [-0.4, -0.2) is 43.6 Å². The van der Waals surface area contributed by atoms with E-state index < -0.39 is 17.9 Å². The van der Waals surface area contributed by atoms with Crippen molar-refractivity contribution in [2.45, 2.75) is 6.54 Å². The Bertz CT molecular complexity index is 955. The van der Waals surface area contributed by atoms with Gasteiger partial charge in [0.2, 0.25) is 0 Å². The van der Waals surface area contributed by atoms with Crippen molar-refractivity contribution in [2.24, 2.45) is 0 Å². The summed E-state index contributed by atoms with van der Waals surface area (Å²) in [5.74, 6) is -0.200. The average Bonchev–Trinajstić information content (AvgIpc) is 3.00. The lowest BCUT2D eigenvalue weighted by molar-refractivity contribution is -0.142. The molecule has 29 heavy (non-hydrogen) atoms. The Labute approximate surface area is 167 Å². The van der Waals surface area contributed by atoms with Gasteiger partial charge in [-0.05, 0) is 29.3 Å². The third kappa shape index (κ3) is 4.73. The third-order valence-corrected chi connectivity index (χ3v) is 4.22. The molecule has 1 aliphatic rings. The van der Waals surface area contributed by atoms with E-state index in [1.165, 1.54) is 14.2 Å². The third-order valence-electron chi connectivity index (χ3n) is 4.22. The summed E-state index contributed by atoms with van der Waals surface area (Å²) in [7, 11) is 2.73. The Hall–Kier alpha value is -3.81. The van der Waals surface area contributed by atoms with Crippen LogP contribution < -0.4 is 14.8 Å². The molecule has 8 nitrogen and oxygen atoms in total. The van der Waals surface area contributed by atoms with Gasteiger partial charge in [-0.25, -0.2) is 9.59 Å². The lowest BCUT2D eigenvalue weighted by Crippen LogP contribution is -2.30. The van der Waals surface area contributed by atoms with Crippen LogP contribution in [-0.2, 0) is 20.9 Å². The van der Waals surface area contributed by atoms with Crippen LogP contribution in [0.1, 0.15) is 11.1 Å². The van der Waals surface area contributed by atoms with E-state index in [0.717, 1.165) is 10.5 Å². The van der Waals surface area contributed by atoms with E-state index >= 15 is 0 Å². The van der Waals surface area contributed by atoms with E-state index in [2.05, 4.69) is 10.1 Å². The van der Waals surface area contributed by atoms with Gasteiger partial charge in [-0.15, -0.1) is 0 Å². The molecule has 2 aromatic carbocycles. The van der Waals surface area contributed by atoms with Crippen LogP contribution in [0.2, 0.25) is 0 Å². The minimum Gasteiger partial charge on any atom is -0.493 e. The summed E-state index contributed by atoms with van der Waals surface area (Å²) in [4.78, 5) is 37.2. The van der Waals surface area contributed by atoms with Gasteiger partial charge in [-0.1, -0.05) is 36.4 Å². The second-order valence-electron chi connectivity index (χ2n) is 6.14. The van der Waals surface area contributed by atoms with Crippen molar-refractivity contribution < 1.29 is 28.6 Å². The number of benzene rings is 2. The molecule has 1 fully saturated rings. The topological polar surface area (TPSA) is 94.2 Å². The number of esters is 1. The normalized spacial score (nSPS) is 14.7. The van der Waals surface area contributed by atoms with Crippen molar-refractivity contribution in [3.8, 4) is 11.5 Å². The first kappa shape index (κ1) is 19.9. The van der Waals surface area contributed by atoms with Gasteiger partial charge in [0.05, 0.1) is 20.8 Å². The predicted octanol–water partition coefficient (Wildman–Crippen LogP) is 2.34. The number of carbonyl (C=O) groups is 3. The standard InChI is InChI=1S/C21H20N2O6/c1-27-18-11-15(8-9-17(18)29-13-19(24)28-2)10-16-20(25)23(21(26)22-16)12-14-6-4-3-5-7-14/h3-11H,12-13H2,1-2H3,(H,22,26)/b16-10+. The lowest BCUT2D eigenvalue weighted by Gasteiger charge is -2.11. The Morgan fingerprint density at radius 2 is 1.83 bits per heavy atom. The van der Waals surface area contributed by atoms with Gasteiger partial charge in [0.15, 0.2) is 18.1 Å². The molecule has 0 aliphatic carbocycles. The summed E-state index contributed by atoms with van der Waals surface area (Å²) in [5, 5.41) is 2.59. The number of hydrogen-bond acceptors (Lipinski definition) is 6. The zero-order valence-electron chi connectivity index (χ0n) is 16.0. The van der Waals surface area contributed by atoms with Gasteiger partial charge in [0.25, 0.3) is 5.91 Å². The largest absolute Gasteiger partial charge is 0.493 e. The zero-order valence-corrected chi connectivity index (χ0v) is 16.0. The molecule has 150 valence electrons. The van der Waals surface area contributed by atoms with E-state index in [-0.39, 0.29) is 18.8 Å². The molecule has 1 N–H and O–H groups in total. The number of amides is 3. The maximum atomic E-state index is 12.6. The molecule has 1 aliphatic heterocycles. The molecule has 8 heteroatoms. The maximum Gasteiger partial charge on any atom is 0.343 e. The number of rotatable bonds is 7. The molecule has 0 atom stereocenters. The second-order valence-corrected chi connectivity index (χ2v) is 6.14. The Morgan fingerprint density at radius 3 is 2.52 bits per heavy atom. The quantitative estimate of drug-likeness (QED) is 0.439. The average molecular weight is 396 g/mol. The number of urea groups is 1. The first-order chi connectivity index (χ1) is 14.0. The van der Waals surface area contributed by atoms with Crippen LogP contribution in [0, 0.1) is 0 Å². The highest BCUT2D eigenvalue weighted by Gasteiger charge is 2.33. The summed E-state index contributed by atoms with van der Waals surface area (Å²) >= 11 is 0. The zero-order chi connectivity index (χ0) is 20.8. The van der Waals surface area contributed by atoms with Crippen molar-refractivity contribution in [1.82, 2.24) is 10.2 Å². The van der Waals surface area contributed by atoms with Gasteiger partial charge in [0.1, 0.15) is 5.70 Å². The number of imide groups is 1. The van der Waals surface area contributed by atoms with Gasteiger partial charge < -0.3 is 19.5 Å². The van der Waals surface area contributed by atoms with Crippen LogP contribution in [0.4, 0.5) is 4.79 Å². The lowest BCUT2D eigenvalue weighted by atomic mass is 10.1. The maximum absolute atomic E-state index is 12.6. The number of nitrogens with one attached hydrogen (secondary N) is 1. The molecule has 0 saturated carbocycles. The fraction of sp³-hybridized carbons (Fsp3) is 0.190. The van der Waals surface area contributed by atoms with E-state index in [4.69, 9.17) is 9.47 Å². The summed E-state index contributed by atoms with van der Waals surface area (Å²) in [6.07, 6.45) is 1.55. The highest BCUT2D eigenvalue weighted by Crippen LogP contribution is 2.29. The first-order valence-electron chi connectivity index (χ1n) is 8.78. The van der Waals surface area contributed by atoms with Crippen molar-refractivity contribution in [3.05, 3.63) is 65.4 Å². The molecule has 3 rings (SSSR count). The molecule has 0 aromatic heterocycles. The van der Waals surface area contributed by atoms with Crippen LogP contribution >= 0.6 is 0 Å². The van der Waals surface area contributed by atoms with Crippen molar-refractivity contribution >= 4 is 24.0 Å². The van der Waals surface area contributed by atoms with Gasteiger partial charge in [-0.3, -0.25) is 9.69 Å². The SMILES string of the molecule is COC(=O)COc1ccc(/C=C2/NC(=O)N(Cc3ccccc3)C2=O)cc1OC. The molecule has 0 unspecified atom stereocenters. The number of nitrogens with zero attached hydrogens (tertiary/aromatic N) is 1. The minimum absolute atomic E-state index is 0.163. The van der Waals surface area contributed by atoms with Crippen molar-refractivity contribution in [2.75, 3.05) is 20.8 Å². The number of carbonyl (C=O) groups excluding carboxylic acids is 3. The molecular weight excluding hydrogens is 376 g/mol. The first-order valence-corrected chi connectivity index (χ1v) is 8.78. The number of hydrogen-bond donors (Lipinski definition) is 1. The molecule has 3 amide bonds. The van der Waals surface area contributed by atoms with E-state index in [9.17, 15) is 14.4 Å². The summed E-state index contributed by atoms with van der Waals surface area (Å²) in [6, 6.07) is 13.7. The van der Waals surface area contributed by atoms with Gasteiger partial charge >= 0.3 is 12.0 Å². The second kappa shape index (κ2) is 8.92. The van der Waals surface area contributed by atoms with Crippen LogP contribution in [0.25, 0.3) is 6.08 Å².